The highest BCUT2D eigenvalue weighted by atomic mass is 35.5. The van der Waals surface area contributed by atoms with E-state index in [1.54, 1.807) is 0 Å². The van der Waals surface area contributed by atoms with Crippen LogP contribution in [0.5, 0.6) is 0 Å². The first kappa shape index (κ1) is 16.9. The number of pyridine rings is 1. The Balaban J connectivity index is 1.70. The fourth-order valence-electron chi connectivity index (χ4n) is 3.64. The molecule has 2 heterocycles. The molecule has 1 aromatic heterocycles. The summed E-state index contributed by atoms with van der Waals surface area (Å²) in [6.45, 7) is 1.70. The van der Waals surface area contributed by atoms with Gasteiger partial charge < -0.3 is 9.64 Å². The van der Waals surface area contributed by atoms with Gasteiger partial charge in [-0.1, -0.05) is 17.7 Å². The van der Waals surface area contributed by atoms with E-state index in [1.165, 1.54) is 12.7 Å². The van der Waals surface area contributed by atoms with Crippen LogP contribution in [0.1, 0.15) is 27.9 Å². The number of rotatable bonds is 3. The molecule has 0 saturated carbocycles. The third-order valence-corrected chi connectivity index (χ3v) is 5.04. The quantitative estimate of drug-likeness (QED) is 0.634. The largest absolute Gasteiger partial charge is 0.465 e. The molecule has 132 valence electrons. The number of ether oxygens (including phenoxy) is 1. The lowest BCUT2D eigenvalue weighted by atomic mass is 9.98. The first-order chi connectivity index (χ1) is 12.7. The molecule has 1 aliphatic rings. The Morgan fingerprint density at radius 2 is 2.15 bits per heavy atom. The molecule has 0 radical (unpaired) electrons. The zero-order chi connectivity index (χ0) is 18.1. The molecule has 4 nitrogen and oxygen atoms in total. The second-order valence-electron chi connectivity index (χ2n) is 6.50. The van der Waals surface area contributed by atoms with Crippen molar-refractivity contribution < 1.29 is 9.53 Å². The summed E-state index contributed by atoms with van der Waals surface area (Å²) in [7, 11) is 1.41. The van der Waals surface area contributed by atoms with Crippen LogP contribution in [0, 0.1) is 0 Å². The Morgan fingerprint density at radius 1 is 1.27 bits per heavy atom. The van der Waals surface area contributed by atoms with E-state index in [0.29, 0.717) is 5.56 Å². The van der Waals surface area contributed by atoms with Crippen LogP contribution in [0.2, 0.25) is 5.02 Å². The predicted molar refractivity (Wildman–Crippen MR) is 104 cm³/mol. The number of carbonyl (C=O) groups excluding carboxylic acids is 1. The van der Waals surface area contributed by atoms with Crippen molar-refractivity contribution in [1.29, 1.82) is 0 Å². The van der Waals surface area contributed by atoms with E-state index in [2.05, 4.69) is 9.88 Å². The molecule has 0 atom stereocenters. The van der Waals surface area contributed by atoms with Gasteiger partial charge in [0.1, 0.15) is 0 Å². The zero-order valence-corrected chi connectivity index (χ0v) is 15.3. The summed E-state index contributed by atoms with van der Waals surface area (Å²) in [5.41, 5.74) is 5.03. The summed E-state index contributed by atoms with van der Waals surface area (Å²) in [5.74, 6) is -0.296. The molecule has 0 N–H and O–H groups in total. The van der Waals surface area contributed by atoms with Crippen LogP contribution in [0.3, 0.4) is 0 Å². The van der Waals surface area contributed by atoms with Gasteiger partial charge >= 0.3 is 5.97 Å². The molecule has 0 fully saturated rings. The van der Waals surface area contributed by atoms with Crippen LogP contribution in [0.4, 0.5) is 5.69 Å². The van der Waals surface area contributed by atoms with Gasteiger partial charge in [-0.2, -0.15) is 0 Å². The smallest absolute Gasteiger partial charge is 0.337 e. The molecule has 0 spiro atoms. The van der Waals surface area contributed by atoms with Gasteiger partial charge in [-0.25, -0.2) is 4.79 Å². The lowest BCUT2D eigenvalue weighted by molar-refractivity contribution is 0.0600. The second-order valence-corrected chi connectivity index (χ2v) is 6.94. The Bertz CT molecular complexity index is 987. The van der Waals surface area contributed by atoms with E-state index < -0.39 is 0 Å². The van der Waals surface area contributed by atoms with Gasteiger partial charge in [0.2, 0.25) is 0 Å². The predicted octanol–water partition coefficient (Wildman–Crippen LogP) is 4.63. The van der Waals surface area contributed by atoms with Crippen molar-refractivity contribution in [2.75, 3.05) is 18.6 Å². The van der Waals surface area contributed by atoms with Crippen LogP contribution in [-0.2, 0) is 17.7 Å². The van der Waals surface area contributed by atoms with Crippen LogP contribution < -0.4 is 4.90 Å². The molecular weight excluding hydrogens is 348 g/mol. The first-order valence-electron chi connectivity index (χ1n) is 8.65. The number of methoxy groups -OCH3 is 1. The van der Waals surface area contributed by atoms with Crippen molar-refractivity contribution in [1.82, 2.24) is 4.98 Å². The second kappa shape index (κ2) is 6.96. The fraction of sp³-hybridized carbons (Fsp3) is 0.238. The molecule has 26 heavy (non-hydrogen) atoms. The number of fused-ring (bicyclic) bond motifs is 2. The topological polar surface area (TPSA) is 42.4 Å². The van der Waals surface area contributed by atoms with Gasteiger partial charge in [-0.3, -0.25) is 4.98 Å². The van der Waals surface area contributed by atoms with Gasteiger partial charge in [0.05, 0.1) is 18.2 Å². The molecule has 0 bridgehead atoms. The van der Waals surface area contributed by atoms with Crippen molar-refractivity contribution in [3.63, 3.8) is 0 Å². The Morgan fingerprint density at radius 3 is 3.00 bits per heavy atom. The number of hydrogen-bond acceptors (Lipinski definition) is 4. The Kier molecular flexibility index (Phi) is 4.51. The Hall–Kier alpha value is -2.59. The average molecular weight is 367 g/mol. The lowest BCUT2D eigenvalue weighted by Crippen LogP contribution is -2.29. The molecule has 5 heteroatoms. The van der Waals surface area contributed by atoms with E-state index in [1.807, 2.05) is 48.7 Å². The number of nitrogens with zero attached hydrogens (tertiary/aromatic N) is 2. The lowest BCUT2D eigenvalue weighted by Gasteiger charge is -2.32. The molecule has 2 aromatic carbocycles. The van der Waals surface area contributed by atoms with Gasteiger partial charge in [0, 0.05) is 35.4 Å². The van der Waals surface area contributed by atoms with Crippen molar-refractivity contribution in [2.24, 2.45) is 0 Å². The number of benzene rings is 2. The van der Waals surface area contributed by atoms with Gasteiger partial charge in [0.15, 0.2) is 0 Å². The normalized spacial score (nSPS) is 13.5. The molecular formula is C21H19ClN2O2. The van der Waals surface area contributed by atoms with E-state index in [9.17, 15) is 4.79 Å². The standard InChI is InChI=1S/C21H19ClN2O2/c1-26-21(25)16-6-7-19-14(10-16)5-3-9-24(19)13-17-12-18(22)11-15-4-2-8-23-20(15)17/h2,4,6-8,10-12H,3,5,9,13H2,1H3. The fourth-order valence-corrected chi connectivity index (χ4v) is 3.89. The van der Waals surface area contributed by atoms with Gasteiger partial charge in [-0.15, -0.1) is 0 Å². The summed E-state index contributed by atoms with van der Waals surface area (Å²) in [4.78, 5) is 18.7. The van der Waals surface area contributed by atoms with E-state index in [4.69, 9.17) is 16.3 Å². The maximum absolute atomic E-state index is 11.8. The molecule has 0 saturated heterocycles. The Labute approximate surface area is 157 Å². The number of esters is 1. The molecule has 1 aliphatic heterocycles. The molecule has 3 aromatic rings. The summed E-state index contributed by atoms with van der Waals surface area (Å²) < 4.78 is 4.84. The number of anilines is 1. The van der Waals surface area contributed by atoms with E-state index in [0.717, 1.165) is 53.1 Å². The SMILES string of the molecule is COC(=O)c1ccc2c(c1)CCCN2Cc1cc(Cl)cc2cccnc12. The number of aromatic nitrogens is 1. The van der Waals surface area contributed by atoms with Crippen LogP contribution in [0.25, 0.3) is 10.9 Å². The van der Waals surface area contributed by atoms with Crippen LogP contribution in [-0.4, -0.2) is 24.6 Å². The molecule has 0 aliphatic carbocycles. The summed E-state index contributed by atoms with van der Waals surface area (Å²) in [6.07, 6.45) is 3.82. The third kappa shape index (κ3) is 3.13. The minimum absolute atomic E-state index is 0.296. The molecule has 0 amide bonds. The van der Waals surface area contributed by atoms with Crippen molar-refractivity contribution in [3.05, 3.63) is 70.4 Å². The molecule has 0 unspecified atom stereocenters. The minimum atomic E-state index is -0.296. The van der Waals surface area contributed by atoms with Crippen LogP contribution in [0.15, 0.2) is 48.7 Å². The van der Waals surface area contributed by atoms with Gasteiger partial charge in [0.25, 0.3) is 0 Å². The third-order valence-electron chi connectivity index (χ3n) is 4.83. The molecule has 4 rings (SSSR count). The van der Waals surface area contributed by atoms with E-state index >= 15 is 0 Å². The highest BCUT2D eigenvalue weighted by Gasteiger charge is 2.20. The number of hydrogen-bond donors (Lipinski definition) is 0. The maximum atomic E-state index is 11.8. The summed E-state index contributed by atoms with van der Waals surface area (Å²) >= 11 is 6.32. The first-order valence-corrected chi connectivity index (χ1v) is 9.03. The van der Waals surface area contributed by atoms with Gasteiger partial charge in [-0.05, 0) is 60.4 Å². The number of halogens is 1. The monoisotopic (exact) mass is 366 g/mol. The average Bonchev–Trinajstić information content (AvgIpc) is 2.67. The number of aryl methyl sites for hydroxylation is 1. The minimum Gasteiger partial charge on any atom is -0.465 e. The van der Waals surface area contributed by atoms with Crippen molar-refractivity contribution in [2.45, 2.75) is 19.4 Å². The highest BCUT2D eigenvalue weighted by molar-refractivity contribution is 6.31. The summed E-state index contributed by atoms with van der Waals surface area (Å²) in [5, 5.41) is 1.77. The van der Waals surface area contributed by atoms with E-state index in [-0.39, 0.29) is 5.97 Å². The number of carbonyl (C=O) groups is 1. The van der Waals surface area contributed by atoms with Crippen molar-refractivity contribution >= 4 is 34.2 Å². The highest BCUT2D eigenvalue weighted by Crippen LogP contribution is 2.31. The van der Waals surface area contributed by atoms with Crippen molar-refractivity contribution in [3.8, 4) is 0 Å². The maximum Gasteiger partial charge on any atom is 0.337 e. The zero-order valence-electron chi connectivity index (χ0n) is 14.5. The summed E-state index contributed by atoms with van der Waals surface area (Å²) in [6, 6.07) is 13.7. The van der Waals surface area contributed by atoms with Crippen LogP contribution >= 0.6 is 11.6 Å².